The van der Waals surface area contributed by atoms with Gasteiger partial charge in [-0.15, -0.1) is 0 Å². The number of anilines is 6. The Hall–Kier alpha value is -8.24. The molecule has 4 heterocycles. The van der Waals surface area contributed by atoms with Crippen molar-refractivity contribution in [1.29, 1.82) is 0 Å². The van der Waals surface area contributed by atoms with E-state index in [2.05, 4.69) is 171 Å². The van der Waals surface area contributed by atoms with Crippen LogP contribution in [0.3, 0.4) is 0 Å². The van der Waals surface area contributed by atoms with Crippen molar-refractivity contribution in [2.24, 2.45) is 0 Å². The molecule has 0 aliphatic carbocycles. The van der Waals surface area contributed by atoms with Crippen molar-refractivity contribution in [3.8, 4) is 0 Å². The largest absolute Gasteiger partial charge is 0.310 e. The van der Waals surface area contributed by atoms with Gasteiger partial charge in [0.1, 0.15) is 25.3 Å². The fourth-order valence-corrected chi connectivity index (χ4v) is 8.42. The maximum Gasteiger partial charge on any atom is 0.116 e. The lowest BCUT2D eigenvalue weighted by atomic mass is 9.91. The van der Waals surface area contributed by atoms with Crippen molar-refractivity contribution < 1.29 is 0 Å². The van der Waals surface area contributed by atoms with E-state index in [1.807, 2.05) is 24.8 Å². The second-order valence-corrected chi connectivity index (χ2v) is 14.3. The zero-order valence-corrected chi connectivity index (χ0v) is 30.6. The van der Waals surface area contributed by atoms with Gasteiger partial charge in [-0.3, -0.25) is 0 Å². The van der Waals surface area contributed by atoms with E-state index in [0.29, 0.717) is 0 Å². The lowest BCUT2D eigenvalue weighted by molar-refractivity contribution is 1.21. The van der Waals surface area contributed by atoms with E-state index in [-0.39, 0.29) is 0 Å². The summed E-state index contributed by atoms with van der Waals surface area (Å²) in [6, 6.07) is 43.2. The van der Waals surface area contributed by atoms with Gasteiger partial charge in [0.05, 0.1) is 33.4 Å². The Morgan fingerprint density at radius 1 is 0.293 bits per heavy atom. The molecule has 4 aromatic heterocycles. The molecule has 12 aromatic rings. The number of hydrogen-bond donors (Lipinski definition) is 0. The molecule has 0 atom stereocenters. The molecule has 0 spiro atoms. The third-order valence-corrected chi connectivity index (χ3v) is 11.1. The van der Waals surface area contributed by atoms with Crippen LogP contribution in [0.25, 0.3) is 75.9 Å². The lowest BCUT2D eigenvalue weighted by Gasteiger charge is -2.29. The summed E-state index contributed by atoms with van der Waals surface area (Å²) >= 11 is 0. The number of rotatable bonds is 6. The highest BCUT2D eigenvalue weighted by atomic mass is 15.2. The first-order valence-electron chi connectivity index (χ1n) is 18.8. The highest BCUT2D eigenvalue weighted by Gasteiger charge is 2.23. The normalized spacial score (nSPS) is 11.8. The molecule has 0 fully saturated rings. The lowest BCUT2D eigenvalue weighted by Crippen LogP contribution is -2.12. The summed E-state index contributed by atoms with van der Waals surface area (Å²) in [6.45, 7) is 0. The minimum atomic E-state index is 0.864. The Morgan fingerprint density at radius 3 is 0.914 bits per heavy atom. The molecule has 0 unspecified atom stereocenters. The minimum Gasteiger partial charge on any atom is -0.310 e. The van der Waals surface area contributed by atoms with E-state index in [1.165, 1.54) is 10.8 Å². The number of hydrogen-bond acceptors (Lipinski definition) is 10. The molecule has 0 N–H and O–H groups in total. The molecular weight excluding hydrogens is 717 g/mol. The Labute approximate surface area is 330 Å². The van der Waals surface area contributed by atoms with Gasteiger partial charge >= 0.3 is 0 Å². The van der Waals surface area contributed by atoms with E-state index in [1.54, 1.807) is 25.3 Å². The van der Waals surface area contributed by atoms with Crippen LogP contribution in [-0.4, -0.2) is 39.9 Å². The molecular formula is C48H28N10. The topological polar surface area (TPSA) is 110 Å². The second kappa shape index (κ2) is 12.7. The van der Waals surface area contributed by atoms with E-state index < -0.39 is 0 Å². The maximum absolute atomic E-state index is 4.62. The van der Waals surface area contributed by atoms with E-state index in [0.717, 1.165) is 99.3 Å². The molecule has 0 saturated heterocycles. The summed E-state index contributed by atoms with van der Waals surface area (Å²) in [5.74, 6) is 0. The van der Waals surface area contributed by atoms with Crippen LogP contribution in [0, 0.1) is 0 Å². The van der Waals surface area contributed by atoms with Gasteiger partial charge in [-0.25, -0.2) is 39.9 Å². The molecule has 0 saturated carbocycles. The predicted molar refractivity (Wildman–Crippen MR) is 232 cm³/mol. The van der Waals surface area contributed by atoms with Gasteiger partial charge in [0.25, 0.3) is 0 Å². The molecule has 0 amide bonds. The maximum atomic E-state index is 4.62. The minimum absolute atomic E-state index is 0.864. The van der Waals surface area contributed by atoms with Gasteiger partial charge in [0.15, 0.2) is 0 Å². The molecule has 8 aromatic carbocycles. The van der Waals surface area contributed by atoms with Gasteiger partial charge < -0.3 is 9.80 Å². The molecule has 10 nitrogen and oxygen atoms in total. The molecule has 0 bridgehead atoms. The summed E-state index contributed by atoms with van der Waals surface area (Å²) in [5.41, 5.74) is 9.43. The smallest absolute Gasteiger partial charge is 0.116 e. The molecule has 10 heteroatoms. The fourth-order valence-electron chi connectivity index (χ4n) is 8.42. The summed E-state index contributed by atoms with van der Waals surface area (Å²) in [6.07, 6.45) is 13.8. The first kappa shape index (κ1) is 32.0. The van der Waals surface area contributed by atoms with Crippen molar-refractivity contribution in [3.63, 3.8) is 0 Å². The fraction of sp³-hybridized carbons (Fsp3) is 0. The SMILES string of the molecule is c1ncc2ccc(N(c3ccc4cncnc4c3)c3ccc4ccc5c(N(c6ccc7cncnc7c6)c6ccc7cncnc7c6)ccc6ccc3c4c65)cc2n1. The van der Waals surface area contributed by atoms with Crippen molar-refractivity contribution in [2.45, 2.75) is 0 Å². The molecule has 270 valence electrons. The second-order valence-electron chi connectivity index (χ2n) is 14.3. The highest BCUT2D eigenvalue weighted by Crippen LogP contribution is 2.48. The first-order valence-corrected chi connectivity index (χ1v) is 18.8. The third-order valence-electron chi connectivity index (χ3n) is 11.1. The Bertz CT molecular complexity index is 3180. The third kappa shape index (κ3) is 5.05. The average Bonchev–Trinajstić information content (AvgIpc) is 3.29. The van der Waals surface area contributed by atoms with Gasteiger partial charge in [0, 0.05) is 79.9 Å². The van der Waals surface area contributed by atoms with E-state index in [4.69, 9.17) is 0 Å². The molecule has 0 aliphatic rings. The molecule has 58 heavy (non-hydrogen) atoms. The summed E-state index contributed by atoms with van der Waals surface area (Å²) in [5, 5.41) is 10.8. The quantitative estimate of drug-likeness (QED) is 0.153. The van der Waals surface area contributed by atoms with Crippen molar-refractivity contribution in [1.82, 2.24) is 39.9 Å². The van der Waals surface area contributed by atoms with E-state index in [9.17, 15) is 0 Å². The zero-order chi connectivity index (χ0) is 38.2. The zero-order valence-electron chi connectivity index (χ0n) is 30.6. The van der Waals surface area contributed by atoms with E-state index >= 15 is 0 Å². The predicted octanol–water partition coefficient (Wildman–Crippen LogP) is 11.3. The van der Waals surface area contributed by atoms with Crippen molar-refractivity contribution in [3.05, 3.63) is 171 Å². The van der Waals surface area contributed by atoms with Crippen molar-refractivity contribution >= 4 is 110 Å². The summed E-state index contributed by atoms with van der Waals surface area (Å²) in [4.78, 5) is 40.1. The van der Waals surface area contributed by atoms with Crippen LogP contribution >= 0.6 is 0 Å². The molecule has 0 radical (unpaired) electrons. The number of nitrogens with zero attached hydrogens (tertiary/aromatic N) is 10. The van der Waals surface area contributed by atoms with Gasteiger partial charge in [-0.2, -0.15) is 0 Å². The molecule has 12 rings (SSSR count). The van der Waals surface area contributed by atoms with Crippen LogP contribution in [0.5, 0.6) is 0 Å². The van der Waals surface area contributed by atoms with Crippen LogP contribution in [0.1, 0.15) is 0 Å². The number of aromatic nitrogens is 8. The van der Waals surface area contributed by atoms with Gasteiger partial charge in [0.2, 0.25) is 0 Å². The standard InChI is InChI=1S/C48H28N10/c1-9-35(17-41-31(1)21-49-25-53-41)57(36-10-2-32-22-50-26-54-42(32)18-36)45-15-7-29-6-14-40-46(16-8-30-5-13-39(45)47(29)48(30)40)58(37-11-3-33-23-51-27-55-43(33)19-37)38-12-4-34-24-52-28-56-44(34)20-38/h1-28H. The summed E-state index contributed by atoms with van der Waals surface area (Å²) < 4.78 is 0. The number of fused-ring (bicyclic) bond motifs is 4. The van der Waals surface area contributed by atoms with Crippen LogP contribution in [-0.2, 0) is 0 Å². The Morgan fingerprint density at radius 2 is 0.586 bits per heavy atom. The van der Waals surface area contributed by atoms with Gasteiger partial charge in [-0.1, -0.05) is 36.4 Å². The molecule has 0 aliphatic heterocycles. The summed E-state index contributed by atoms with van der Waals surface area (Å²) in [7, 11) is 0. The van der Waals surface area contributed by atoms with Crippen LogP contribution in [0.15, 0.2) is 171 Å². The van der Waals surface area contributed by atoms with Crippen LogP contribution in [0.2, 0.25) is 0 Å². The number of benzene rings is 8. The Balaban J connectivity index is 1.12. The Kier molecular flexibility index (Phi) is 6.99. The van der Waals surface area contributed by atoms with Crippen LogP contribution in [0.4, 0.5) is 34.1 Å². The van der Waals surface area contributed by atoms with Gasteiger partial charge in [-0.05, 0) is 106 Å². The average molecular weight is 745 g/mol. The van der Waals surface area contributed by atoms with Crippen molar-refractivity contribution in [2.75, 3.05) is 9.80 Å². The monoisotopic (exact) mass is 744 g/mol. The highest BCUT2D eigenvalue weighted by molar-refractivity contribution is 6.28. The van der Waals surface area contributed by atoms with Crippen LogP contribution < -0.4 is 9.80 Å². The first-order chi connectivity index (χ1) is 28.7.